The van der Waals surface area contributed by atoms with Crippen molar-refractivity contribution in [2.75, 3.05) is 11.9 Å². The summed E-state index contributed by atoms with van der Waals surface area (Å²) in [6, 6.07) is 9.63. The number of amides is 2. The summed E-state index contributed by atoms with van der Waals surface area (Å²) in [5.74, 6) is -1.03. The summed E-state index contributed by atoms with van der Waals surface area (Å²) in [5, 5.41) is 5.71. The maximum absolute atomic E-state index is 12.5. The zero-order valence-corrected chi connectivity index (χ0v) is 15.7. The second-order valence-corrected chi connectivity index (χ2v) is 6.64. The summed E-state index contributed by atoms with van der Waals surface area (Å²) in [7, 11) is 0. The van der Waals surface area contributed by atoms with Gasteiger partial charge in [0.05, 0.1) is 12.2 Å². The van der Waals surface area contributed by atoms with Crippen molar-refractivity contribution in [2.24, 2.45) is 0 Å². The second-order valence-electron chi connectivity index (χ2n) is 6.64. The molecule has 2 amide bonds. The molecule has 1 aromatic heterocycles. The third kappa shape index (κ3) is 4.94. The van der Waals surface area contributed by atoms with Gasteiger partial charge in [-0.2, -0.15) is 0 Å². The predicted molar refractivity (Wildman–Crippen MR) is 104 cm³/mol. The number of hydrogen-bond donors (Lipinski definition) is 2. The molecular weight excluding hydrogens is 358 g/mol. The molecule has 7 heteroatoms. The SMILES string of the molecule is CCOC(=O)c1ccc(NC(=O)c2ccnc(C(=O)NC3CCCC3)c2)cc1. The molecule has 1 saturated carbocycles. The van der Waals surface area contributed by atoms with Gasteiger partial charge in [0.2, 0.25) is 0 Å². The number of ether oxygens (including phenoxy) is 1. The average Bonchev–Trinajstić information content (AvgIpc) is 3.22. The highest BCUT2D eigenvalue weighted by Gasteiger charge is 2.19. The van der Waals surface area contributed by atoms with Crippen LogP contribution in [-0.2, 0) is 4.74 Å². The smallest absolute Gasteiger partial charge is 0.338 e. The minimum atomic E-state index is -0.410. The van der Waals surface area contributed by atoms with E-state index in [9.17, 15) is 14.4 Å². The van der Waals surface area contributed by atoms with E-state index in [-0.39, 0.29) is 23.6 Å². The van der Waals surface area contributed by atoms with Crippen molar-refractivity contribution in [1.29, 1.82) is 0 Å². The van der Waals surface area contributed by atoms with Gasteiger partial charge in [0, 0.05) is 23.5 Å². The summed E-state index contributed by atoms with van der Waals surface area (Å²) in [4.78, 5) is 40.6. The number of carbonyl (C=O) groups excluding carboxylic acids is 3. The number of hydrogen-bond acceptors (Lipinski definition) is 5. The van der Waals surface area contributed by atoms with Crippen LogP contribution in [0.4, 0.5) is 5.69 Å². The van der Waals surface area contributed by atoms with Gasteiger partial charge in [-0.25, -0.2) is 4.79 Å². The van der Waals surface area contributed by atoms with Crippen molar-refractivity contribution >= 4 is 23.5 Å². The zero-order chi connectivity index (χ0) is 19.9. The van der Waals surface area contributed by atoms with E-state index >= 15 is 0 Å². The molecular formula is C21H23N3O4. The lowest BCUT2D eigenvalue weighted by atomic mass is 10.1. The Kier molecular flexibility index (Phi) is 6.37. The van der Waals surface area contributed by atoms with Crippen LogP contribution in [0.25, 0.3) is 0 Å². The molecule has 0 radical (unpaired) electrons. The Morgan fingerprint density at radius 1 is 1.04 bits per heavy atom. The quantitative estimate of drug-likeness (QED) is 0.749. The lowest BCUT2D eigenvalue weighted by Gasteiger charge is -2.12. The molecule has 2 aromatic rings. The summed E-state index contributed by atoms with van der Waals surface area (Å²) < 4.78 is 4.93. The van der Waals surface area contributed by atoms with E-state index in [1.807, 2.05) is 0 Å². The van der Waals surface area contributed by atoms with Gasteiger partial charge in [0.25, 0.3) is 11.8 Å². The molecule has 0 aliphatic heterocycles. The van der Waals surface area contributed by atoms with Crippen LogP contribution < -0.4 is 10.6 Å². The largest absolute Gasteiger partial charge is 0.462 e. The first-order valence-electron chi connectivity index (χ1n) is 9.42. The number of aromatic nitrogens is 1. The van der Waals surface area contributed by atoms with Crippen LogP contribution in [0.3, 0.4) is 0 Å². The Balaban J connectivity index is 1.64. The number of carbonyl (C=O) groups is 3. The third-order valence-electron chi connectivity index (χ3n) is 4.60. The van der Waals surface area contributed by atoms with Gasteiger partial charge in [0.15, 0.2) is 0 Å². The summed E-state index contributed by atoms with van der Waals surface area (Å²) in [6.07, 6.45) is 5.65. The average molecular weight is 381 g/mol. The third-order valence-corrected chi connectivity index (χ3v) is 4.60. The molecule has 0 bridgehead atoms. The summed E-state index contributed by atoms with van der Waals surface area (Å²) >= 11 is 0. The Morgan fingerprint density at radius 2 is 1.75 bits per heavy atom. The Hall–Kier alpha value is -3.22. The van der Waals surface area contributed by atoms with Gasteiger partial charge < -0.3 is 15.4 Å². The molecule has 0 spiro atoms. The van der Waals surface area contributed by atoms with Crippen LogP contribution in [0.2, 0.25) is 0 Å². The van der Waals surface area contributed by atoms with Crippen LogP contribution in [0.1, 0.15) is 63.8 Å². The van der Waals surface area contributed by atoms with Crippen molar-refractivity contribution in [3.8, 4) is 0 Å². The Labute approximate surface area is 163 Å². The zero-order valence-electron chi connectivity index (χ0n) is 15.7. The summed E-state index contributed by atoms with van der Waals surface area (Å²) in [6.45, 7) is 2.04. The van der Waals surface area contributed by atoms with Gasteiger partial charge in [-0.05, 0) is 56.2 Å². The highest BCUT2D eigenvalue weighted by molar-refractivity contribution is 6.05. The number of esters is 1. The van der Waals surface area contributed by atoms with Crippen LogP contribution in [-0.4, -0.2) is 35.4 Å². The van der Waals surface area contributed by atoms with E-state index in [0.29, 0.717) is 23.4 Å². The molecule has 1 aliphatic carbocycles. The maximum Gasteiger partial charge on any atom is 0.338 e. The first kappa shape index (κ1) is 19.5. The Morgan fingerprint density at radius 3 is 2.43 bits per heavy atom. The molecule has 1 heterocycles. The van der Waals surface area contributed by atoms with Gasteiger partial charge >= 0.3 is 5.97 Å². The molecule has 0 atom stereocenters. The lowest BCUT2D eigenvalue weighted by molar-refractivity contribution is 0.0526. The van der Waals surface area contributed by atoms with Crippen molar-refractivity contribution in [3.05, 3.63) is 59.4 Å². The lowest BCUT2D eigenvalue weighted by Crippen LogP contribution is -2.33. The van der Waals surface area contributed by atoms with Crippen molar-refractivity contribution in [2.45, 2.75) is 38.6 Å². The van der Waals surface area contributed by atoms with Crippen molar-refractivity contribution in [3.63, 3.8) is 0 Å². The van der Waals surface area contributed by atoms with Gasteiger partial charge in [-0.3, -0.25) is 14.6 Å². The second kappa shape index (κ2) is 9.12. The standard InChI is InChI=1S/C21H23N3O4/c1-2-28-21(27)14-7-9-17(10-8-14)23-19(25)15-11-12-22-18(13-15)20(26)24-16-5-3-4-6-16/h7-13,16H,2-6H2,1H3,(H,23,25)(H,24,26). The van der Waals surface area contributed by atoms with Gasteiger partial charge in [0.1, 0.15) is 5.69 Å². The number of nitrogens with one attached hydrogen (secondary N) is 2. The number of benzene rings is 1. The molecule has 7 nitrogen and oxygen atoms in total. The molecule has 1 fully saturated rings. The molecule has 146 valence electrons. The highest BCUT2D eigenvalue weighted by atomic mass is 16.5. The minimum Gasteiger partial charge on any atom is -0.462 e. The van der Waals surface area contributed by atoms with E-state index in [1.165, 1.54) is 12.3 Å². The maximum atomic E-state index is 12.5. The predicted octanol–water partition coefficient (Wildman–Crippen LogP) is 3.18. The van der Waals surface area contributed by atoms with Crippen LogP contribution in [0.5, 0.6) is 0 Å². The number of pyridine rings is 1. The first-order chi connectivity index (χ1) is 13.6. The molecule has 2 N–H and O–H groups in total. The van der Waals surface area contributed by atoms with Crippen LogP contribution in [0, 0.1) is 0 Å². The fourth-order valence-corrected chi connectivity index (χ4v) is 3.13. The number of anilines is 1. The van der Waals surface area contributed by atoms with Crippen LogP contribution >= 0.6 is 0 Å². The molecule has 28 heavy (non-hydrogen) atoms. The van der Waals surface area contributed by atoms with E-state index in [4.69, 9.17) is 4.74 Å². The fourth-order valence-electron chi connectivity index (χ4n) is 3.13. The fraction of sp³-hybridized carbons (Fsp3) is 0.333. The highest BCUT2D eigenvalue weighted by Crippen LogP contribution is 2.18. The van der Waals surface area contributed by atoms with E-state index < -0.39 is 5.97 Å². The van der Waals surface area contributed by atoms with Crippen molar-refractivity contribution in [1.82, 2.24) is 10.3 Å². The van der Waals surface area contributed by atoms with Gasteiger partial charge in [-0.1, -0.05) is 12.8 Å². The van der Waals surface area contributed by atoms with Gasteiger partial charge in [-0.15, -0.1) is 0 Å². The van der Waals surface area contributed by atoms with Crippen LogP contribution in [0.15, 0.2) is 42.6 Å². The number of nitrogens with zero attached hydrogens (tertiary/aromatic N) is 1. The normalized spacial score (nSPS) is 13.8. The molecule has 0 saturated heterocycles. The molecule has 1 aromatic carbocycles. The van der Waals surface area contributed by atoms with E-state index in [1.54, 1.807) is 37.3 Å². The minimum absolute atomic E-state index is 0.185. The first-order valence-corrected chi connectivity index (χ1v) is 9.42. The molecule has 0 unspecified atom stereocenters. The van der Waals surface area contributed by atoms with Crippen molar-refractivity contribution < 1.29 is 19.1 Å². The van der Waals surface area contributed by atoms with E-state index in [0.717, 1.165) is 25.7 Å². The Bertz CT molecular complexity index is 858. The monoisotopic (exact) mass is 381 g/mol. The molecule has 1 aliphatic rings. The molecule has 3 rings (SSSR count). The number of rotatable bonds is 6. The summed E-state index contributed by atoms with van der Waals surface area (Å²) in [5.41, 5.74) is 1.50. The topological polar surface area (TPSA) is 97.4 Å². The van der Waals surface area contributed by atoms with E-state index in [2.05, 4.69) is 15.6 Å².